The van der Waals surface area contributed by atoms with Gasteiger partial charge in [-0.2, -0.15) is 0 Å². The van der Waals surface area contributed by atoms with Gasteiger partial charge in [0.05, 0.1) is 6.42 Å². The maximum atomic E-state index is 13.3. The Morgan fingerprint density at radius 1 is 1.41 bits per heavy atom. The minimum atomic E-state index is -0.817. The van der Waals surface area contributed by atoms with Gasteiger partial charge in [-0.3, -0.25) is 4.79 Å². The SMILES string of the molecule is CC(C)(CNCc1ccccc1F)CC(=O)O. The van der Waals surface area contributed by atoms with Crippen molar-refractivity contribution in [3.8, 4) is 0 Å². The van der Waals surface area contributed by atoms with Gasteiger partial charge in [-0.1, -0.05) is 32.0 Å². The second-order valence-electron chi connectivity index (χ2n) is 4.93. The molecule has 0 amide bonds. The molecule has 94 valence electrons. The summed E-state index contributed by atoms with van der Waals surface area (Å²) in [4.78, 5) is 10.6. The molecule has 0 heterocycles. The zero-order chi connectivity index (χ0) is 12.9. The molecule has 0 aliphatic rings. The van der Waals surface area contributed by atoms with Crippen LogP contribution in [0.1, 0.15) is 25.8 Å². The summed E-state index contributed by atoms with van der Waals surface area (Å²) in [5.41, 5.74) is 0.260. The molecule has 0 spiro atoms. The lowest BCUT2D eigenvalue weighted by Gasteiger charge is -2.22. The highest BCUT2D eigenvalue weighted by atomic mass is 19.1. The normalized spacial score (nSPS) is 11.5. The lowest BCUT2D eigenvalue weighted by molar-refractivity contribution is -0.139. The van der Waals surface area contributed by atoms with Crippen molar-refractivity contribution in [1.82, 2.24) is 5.32 Å². The van der Waals surface area contributed by atoms with E-state index in [0.29, 0.717) is 18.7 Å². The number of nitrogens with one attached hydrogen (secondary N) is 1. The van der Waals surface area contributed by atoms with Gasteiger partial charge in [0, 0.05) is 18.7 Å². The molecule has 0 saturated heterocycles. The predicted molar refractivity (Wildman–Crippen MR) is 64.1 cm³/mol. The molecular formula is C13H18FNO2. The van der Waals surface area contributed by atoms with Crippen LogP contribution in [-0.4, -0.2) is 17.6 Å². The molecule has 2 N–H and O–H groups in total. The lowest BCUT2D eigenvalue weighted by atomic mass is 9.89. The summed E-state index contributed by atoms with van der Waals surface area (Å²) in [6.45, 7) is 4.69. The molecular weight excluding hydrogens is 221 g/mol. The molecule has 0 aromatic heterocycles. The number of hydrogen-bond acceptors (Lipinski definition) is 2. The predicted octanol–water partition coefficient (Wildman–Crippen LogP) is 2.42. The van der Waals surface area contributed by atoms with E-state index in [-0.39, 0.29) is 17.7 Å². The topological polar surface area (TPSA) is 49.3 Å². The van der Waals surface area contributed by atoms with Gasteiger partial charge in [-0.05, 0) is 11.5 Å². The van der Waals surface area contributed by atoms with Crippen LogP contribution in [0, 0.1) is 11.2 Å². The number of rotatable bonds is 6. The van der Waals surface area contributed by atoms with Crippen LogP contribution in [0.2, 0.25) is 0 Å². The summed E-state index contributed by atoms with van der Waals surface area (Å²) in [6, 6.07) is 6.56. The first-order valence-electron chi connectivity index (χ1n) is 5.57. The molecule has 1 aromatic carbocycles. The van der Waals surface area contributed by atoms with Crippen molar-refractivity contribution < 1.29 is 14.3 Å². The summed E-state index contributed by atoms with van der Waals surface area (Å²) in [6.07, 6.45) is 0.0945. The van der Waals surface area contributed by atoms with Crippen LogP contribution in [0.5, 0.6) is 0 Å². The van der Waals surface area contributed by atoms with Crippen molar-refractivity contribution >= 4 is 5.97 Å². The maximum Gasteiger partial charge on any atom is 0.303 e. The third kappa shape index (κ3) is 4.95. The third-order valence-electron chi connectivity index (χ3n) is 2.51. The van der Waals surface area contributed by atoms with Gasteiger partial charge in [0.25, 0.3) is 0 Å². The molecule has 0 unspecified atom stereocenters. The number of benzene rings is 1. The number of aliphatic carboxylic acids is 1. The van der Waals surface area contributed by atoms with Crippen molar-refractivity contribution in [3.05, 3.63) is 35.6 Å². The quantitative estimate of drug-likeness (QED) is 0.801. The zero-order valence-corrected chi connectivity index (χ0v) is 10.2. The minimum absolute atomic E-state index is 0.0945. The average Bonchev–Trinajstić information content (AvgIpc) is 2.18. The molecule has 0 radical (unpaired) electrons. The highest BCUT2D eigenvalue weighted by Gasteiger charge is 2.21. The van der Waals surface area contributed by atoms with Crippen molar-refractivity contribution in [3.63, 3.8) is 0 Å². The maximum absolute atomic E-state index is 13.3. The van der Waals surface area contributed by atoms with Crippen LogP contribution in [0.15, 0.2) is 24.3 Å². The molecule has 1 rings (SSSR count). The number of hydrogen-bond donors (Lipinski definition) is 2. The van der Waals surface area contributed by atoms with E-state index in [1.165, 1.54) is 6.07 Å². The van der Waals surface area contributed by atoms with Crippen LogP contribution in [0.4, 0.5) is 4.39 Å². The second kappa shape index (κ2) is 5.77. The fourth-order valence-electron chi connectivity index (χ4n) is 1.65. The first-order valence-corrected chi connectivity index (χ1v) is 5.57. The Bertz CT molecular complexity index is 391. The fraction of sp³-hybridized carbons (Fsp3) is 0.462. The summed E-state index contributed by atoms with van der Waals surface area (Å²) in [5, 5.41) is 11.8. The van der Waals surface area contributed by atoms with Gasteiger partial charge in [-0.25, -0.2) is 4.39 Å². The lowest BCUT2D eigenvalue weighted by Crippen LogP contribution is -2.31. The van der Waals surface area contributed by atoms with Crippen molar-refractivity contribution in [2.75, 3.05) is 6.54 Å². The van der Waals surface area contributed by atoms with Crippen LogP contribution < -0.4 is 5.32 Å². The van der Waals surface area contributed by atoms with E-state index in [4.69, 9.17) is 5.11 Å². The second-order valence-corrected chi connectivity index (χ2v) is 4.93. The highest BCUT2D eigenvalue weighted by molar-refractivity contribution is 5.67. The Labute approximate surface area is 101 Å². The van der Waals surface area contributed by atoms with Crippen molar-refractivity contribution in [1.29, 1.82) is 0 Å². The van der Waals surface area contributed by atoms with Gasteiger partial charge < -0.3 is 10.4 Å². The van der Waals surface area contributed by atoms with Gasteiger partial charge in [-0.15, -0.1) is 0 Å². The van der Waals surface area contributed by atoms with E-state index in [9.17, 15) is 9.18 Å². The Morgan fingerprint density at radius 3 is 2.65 bits per heavy atom. The largest absolute Gasteiger partial charge is 0.481 e. The summed E-state index contributed by atoms with van der Waals surface area (Å²) < 4.78 is 13.3. The van der Waals surface area contributed by atoms with Gasteiger partial charge >= 0.3 is 5.97 Å². The van der Waals surface area contributed by atoms with Crippen LogP contribution in [0.3, 0.4) is 0 Å². The summed E-state index contributed by atoms with van der Waals surface area (Å²) in [7, 11) is 0. The number of carboxylic acids is 1. The van der Waals surface area contributed by atoms with E-state index < -0.39 is 5.97 Å². The molecule has 0 saturated carbocycles. The molecule has 0 fully saturated rings. The smallest absolute Gasteiger partial charge is 0.303 e. The standard InChI is InChI=1S/C13H18FNO2/c1-13(2,7-12(16)17)9-15-8-10-5-3-4-6-11(10)14/h3-6,15H,7-9H2,1-2H3,(H,16,17). The highest BCUT2D eigenvalue weighted by Crippen LogP contribution is 2.19. The van der Waals surface area contributed by atoms with E-state index >= 15 is 0 Å². The molecule has 1 aromatic rings. The Balaban J connectivity index is 2.42. The van der Waals surface area contributed by atoms with Crippen molar-refractivity contribution in [2.24, 2.45) is 5.41 Å². The molecule has 4 heteroatoms. The fourth-order valence-corrected chi connectivity index (χ4v) is 1.65. The Morgan fingerprint density at radius 2 is 2.06 bits per heavy atom. The molecule has 0 atom stereocenters. The first-order chi connectivity index (χ1) is 7.91. The van der Waals surface area contributed by atoms with E-state index in [2.05, 4.69) is 5.32 Å². The molecule has 0 bridgehead atoms. The van der Waals surface area contributed by atoms with Gasteiger partial charge in [0.15, 0.2) is 0 Å². The number of halogens is 1. The first kappa shape index (κ1) is 13.6. The minimum Gasteiger partial charge on any atom is -0.481 e. The molecule has 17 heavy (non-hydrogen) atoms. The summed E-state index contributed by atoms with van der Waals surface area (Å²) in [5.74, 6) is -1.06. The van der Waals surface area contributed by atoms with E-state index in [0.717, 1.165) is 0 Å². The Kier molecular flexibility index (Phi) is 4.63. The molecule has 0 aliphatic carbocycles. The zero-order valence-electron chi connectivity index (χ0n) is 10.2. The van der Waals surface area contributed by atoms with Gasteiger partial charge in [0.2, 0.25) is 0 Å². The van der Waals surface area contributed by atoms with Gasteiger partial charge in [0.1, 0.15) is 5.82 Å². The summed E-state index contributed by atoms with van der Waals surface area (Å²) >= 11 is 0. The Hall–Kier alpha value is -1.42. The average molecular weight is 239 g/mol. The third-order valence-corrected chi connectivity index (χ3v) is 2.51. The monoisotopic (exact) mass is 239 g/mol. The van der Waals surface area contributed by atoms with E-state index in [1.54, 1.807) is 18.2 Å². The number of carbonyl (C=O) groups is 1. The van der Waals surface area contributed by atoms with Crippen LogP contribution in [-0.2, 0) is 11.3 Å². The van der Waals surface area contributed by atoms with Crippen LogP contribution in [0.25, 0.3) is 0 Å². The molecule has 0 aliphatic heterocycles. The van der Waals surface area contributed by atoms with Crippen molar-refractivity contribution in [2.45, 2.75) is 26.8 Å². The van der Waals surface area contributed by atoms with Crippen LogP contribution >= 0.6 is 0 Å². The number of carboxylic acid groups (broad SMARTS) is 1. The van der Waals surface area contributed by atoms with E-state index in [1.807, 2.05) is 13.8 Å². The molecule has 3 nitrogen and oxygen atoms in total.